The molecule has 0 spiro atoms. The molecule has 7 heteroatoms. The number of carbonyl (C=O) groups is 2. The number of anilines is 1. The average Bonchev–Trinajstić information content (AvgIpc) is 2.92. The van der Waals surface area contributed by atoms with Gasteiger partial charge in [-0.15, -0.1) is 11.3 Å². The van der Waals surface area contributed by atoms with Crippen LogP contribution in [0, 0.1) is 0 Å². The van der Waals surface area contributed by atoms with Gasteiger partial charge in [0, 0.05) is 39.1 Å². The highest BCUT2D eigenvalue weighted by Crippen LogP contribution is 2.22. The maximum atomic E-state index is 11.9. The number of hydrogen-bond donors (Lipinski definition) is 2. The number of amides is 3. The van der Waals surface area contributed by atoms with E-state index in [-0.39, 0.29) is 5.91 Å². The molecule has 2 heterocycles. The lowest BCUT2D eigenvalue weighted by Gasteiger charge is -2.35. The van der Waals surface area contributed by atoms with Crippen molar-refractivity contribution in [2.24, 2.45) is 5.73 Å². The highest BCUT2D eigenvalue weighted by molar-refractivity contribution is 7.14. The zero-order valence-electron chi connectivity index (χ0n) is 10.7. The van der Waals surface area contributed by atoms with Gasteiger partial charge in [0.2, 0.25) is 5.91 Å². The molecule has 0 bridgehead atoms. The van der Waals surface area contributed by atoms with Crippen molar-refractivity contribution in [3.63, 3.8) is 0 Å². The maximum absolute atomic E-state index is 11.9. The van der Waals surface area contributed by atoms with Gasteiger partial charge in [0.25, 0.3) is 0 Å². The summed E-state index contributed by atoms with van der Waals surface area (Å²) < 4.78 is 0. The SMILES string of the molecule is NC(=O)NCCC(=O)N1CCN(c2cccs2)CC1. The molecule has 0 radical (unpaired) electrons. The lowest BCUT2D eigenvalue weighted by atomic mass is 10.3. The Morgan fingerprint density at radius 2 is 2.05 bits per heavy atom. The van der Waals surface area contributed by atoms with Crippen LogP contribution < -0.4 is 16.0 Å². The van der Waals surface area contributed by atoms with Crippen LogP contribution in [-0.2, 0) is 4.79 Å². The number of rotatable bonds is 4. The van der Waals surface area contributed by atoms with Crippen molar-refractivity contribution >= 4 is 28.3 Å². The fourth-order valence-corrected chi connectivity index (χ4v) is 2.86. The van der Waals surface area contributed by atoms with Gasteiger partial charge in [-0.05, 0) is 17.5 Å². The number of nitrogens with two attached hydrogens (primary N) is 1. The molecule has 0 aliphatic carbocycles. The van der Waals surface area contributed by atoms with Gasteiger partial charge < -0.3 is 20.9 Å². The maximum Gasteiger partial charge on any atom is 0.312 e. The number of nitrogens with zero attached hydrogens (tertiary/aromatic N) is 2. The Kier molecular flexibility index (Phi) is 4.62. The topological polar surface area (TPSA) is 78.7 Å². The van der Waals surface area contributed by atoms with Crippen LogP contribution in [0.2, 0.25) is 0 Å². The Hall–Kier alpha value is -1.76. The number of nitrogens with one attached hydrogen (secondary N) is 1. The molecule has 1 fully saturated rings. The van der Waals surface area contributed by atoms with Crippen molar-refractivity contribution < 1.29 is 9.59 Å². The molecule has 3 N–H and O–H groups in total. The molecule has 1 aromatic heterocycles. The van der Waals surface area contributed by atoms with Crippen molar-refractivity contribution in [1.29, 1.82) is 0 Å². The Morgan fingerprint density at radius 1 is 1.32 bits per heavy atom. The standard InChI is InChI=1S/C12H18N4O2S/c13-12(18)14-4-3-10(17)15-5-7-16(8-6-15)11-2-1-9-19-11/h1-2,9H,3-8H2,(H3,13,14,18). The van der Waals surface area contributed by atoms with Crippen molar-refractivity contribution in [2.75, 3.05) is 37.6 Å². The first kappa shape index (κ1) is 13.7. The van der Waals surface area contributed by atoms with Crippen LogP contribution in [0.3, 0.4) is 0 Å². The number of urea groups is 1. The molecule has 1 aromatic rings. The van der Waals surface area contributed by atoms with E-state index in [1.54, 1.807) is 11.3 Å². The molecule has 3 amide bonds. The molecule has 0 atom stereocenters. The van der Waals surface area contributed by atoms with E-state index in [0.717, 1.165) is 26.2 Å². The predicted octanol–water partition coefficient (Wildman–Crippen LogP) is 0.455. The van der Waals surface area contributed by atoms with E-state index in [1.807, 2.05) is 11.0 Å². The molecule has 2 rings (SSSR count). The number of thiophene rings is 1. The zero-order valence-corrected chi connectivity index (χ0v) is 11.5. The van der Waals surface area contributed by atoms with E-state index in [1.165, 1.54) is 5.00 Å². The van der Waals surface area contributed by atoms with Gasteiger partial charge in [-0.3, -0.25) is 4.79 Å². The summed E-state index contributed by atoms with van der Waals surface area (Å²) in [6, 6.07) is 3.54. The molecule has 19 heavy (non-hydrogen) atoms. The van der Waals surface area contributed by atoms with Crippen molar-refractivity contribution in [3.8, 4) is 0 Å². The second-order valence-electron chi connectivity index (χ2n) is 4.36. The monoisotopic (exact) mass is 282 g/mol. The van der Waals surface area contributed by atoms with Gasteiger partial charge in [0.1, 0.15) is 0 Å². The number of carbonyl (C=O) groups excluding carboxylic acids is 2. The van der Waals surface area contributed by atoms with Crippen LogP contribution in [0.25, 0.3) is 0 Å². The van der Waals surface area contributed by atoms with Gasteiger partial charge in [-0.2, -0.15) is 0 Å². The summed E-state index contributed by atoms with van der Waals surface area (Å²) in [5.74, 6) is 0.0691. The quantitative estimate of drug-likeness (QED) is 0.842. The minimum Gasteiger partial charge on any atom is -0.360 e. The van der Waals surface area contributed by atoms with E-state index >= 15 is 0 Å². The molecule has 6 nitrogen and oxygen atoms in total. The summed E-state index contributed by atoms with van der Waals surface area (Å²) in [6.07, 6.45) is 0.307. The third-order valence-electron chi connectivity index (χ3n) is 3.09. The van der Waals surface area contributed by atoms with Crippen LogP contribution in [0.5, 0.6) is 0 Å². The van der Waals surface area contributed by atoms with Crippen LogP contribution >= 0.6 is 11.3 Å². The van der Waals surface area contributed by atoms with Crippen molar-refractivity contribution in [2.45, 2.75) is 6.42 Å². The summed E-state index contributed by atoms with van der Waals surface area (Å²) in [5, 5.41) is 5.74. The highest BCUT2D eigenvalue weighted by Gasteiger charge is 2.21. The molecule has 104 valence electrons. The molecule has 1 saturated heterocycles. The molecule has 0 aromatic carbocycles. The Balaban J connectivity index is 1.73. The minimum atomic E-state index is -0.588. The Bertz CT molecular complexity index is 427. The number of piperazine rings is 1. The van der Waals surface area contributed by atoms with Crippen molar-refractivity contribution in [1.82, 2.24) is 10.2 Å². The Labute approximate surface area is 116 Å². The molecule has 1 aliphatic rings. The zero-order chi connectivity index (χ0) is 13.7. The summed E-state index contributed by atoms with van der Waals surface area (Å²) in [5.41, 5.74) is 4.95. The molecule has 1 aliphatic heterocycles. The van der Waals surface area contributed by atoms with Gasteiger partial charge in [0.15, 0.2) is 0 Å². The third kappa shape index (κ3) is 3.85. The first-order chi connectivity index (χ1) is 9.16. The molecular formula is C12H18N4O2S. The normalized spacial score (nSPS) is 15.4. The van der Waals surface area contributed by atoms with Crippen LogP contribution in [0.4, 0.5) is 9.80 Å². The summed E-state index contributed by atoms with van der Waals surface area (Å²) in [6.45, 7) is 3.48. The lowest BCUT2D eigenvalue weighted by Crippen LogP contribution is -2.49. The second-order valence-corrected chi connectivity index (χ2v) is 5.29. The van der Waals surface area contributed by atoms with Gasteiger partial charge in [-0.1, -0.05) is 0 Å². The van der Waals surface area contributed by atoms with Crippen LogP contribution in [-0.4, -0.2) is 49.6 Å². The van der Waals surface area contributed by atoms with E-state index in [4.69, 9.17) is 5.73 Å². The molecule has 0 saturated carbocycles. The van der Waals surface area contributed by atoms with E-state index in [2.05, 4.69) is 21.7 Å². The van der Waals surface area contributed by atoms with E-state index < -0.39 is 6.03 Å². The second kappa shape index (κ2) is 6.42. The molecular weight excluding hydrogens is 264 g/mol. The van der Waals surface area contributed by atoms with E-state index in [9.17, 15) is 9.59 Å². The smallest absolute Gasteiger partial charge is 0.312 e. The lowest BCUT2D eigenvalue weighted by molar-refractivity contribution is -0.131. The van der Waals surface area contributed by atoms with Crippen LogP contribution in [0.15, 0.2) is 17.5 Å². The highest BCUT2D eigenvalue weighted by atomic mass is 32.1. The van der Waals surface area contributed by atoms with Gasteiger partial charge in [-0.25, -0.2) is 4.79 Å². The largest absolute Gasteiger partial charge is 0.360 e. The van der Waals surface area contributed by atoms with Crippen molar-refractivity contribution in [3.05, 3.63) is 17.5 Å². The summed E-state index contributed by atoms with van der Waals surface area (Å²) in [7, 11) is 0. The number of primary amides is 1. The van der Waals surface area contributed by atoms with Crippen LogP contribution in [0.1, 0.15) is 6.42 Å². The first-order valence-corrected chi connectivity index (χ1v) is 7.14. The van der Waals surface area contributed by atoms with Gasteiger partial charge >= 0.3 is 6.03 Å². The fourth-order valence-electron chi connectivity index (χ4n) is 2.08. The summed E-state index contributed by atoms with van der Waals surface area (Å²) in [4.78, 5) is 26.5. The molecule has 0 unspecified atom stereocenters. The number of hydrogen-bond acceptors (Lipinski definition) is 4. The summed E-state index contributed by atoms with van der Waals surface area (Å²) >= 11 is 1.72. The minimum absolute atomic E-state index is 0.0691. The average molecular weight is 282 g/mol. The Morgan fingerprint density at radius 3 is 2.63 bits per heavy atom. The predicted molar refractivity (Wildman–Crippen MR) is 75.3 cm³/mol. The van der Waals surface area contributed by atoms with E-state index in [0.29, 0.717) is 13.0 Å². The first-order valence-electron chi connectivity index (χ1n) is 6.26. The fraction of sp³-hybridized carbons (Fsp3) is 0.500. The third-order valence-corrected chi connectivity index (χ3v) is 4.02. The van der Waals surface area contributed by atoms with Gasteiger partial charge in [0.05, 0.1) is 5.00 Å².